The molecule has 0 saturated carbocycles. The molecule has 0 aromatic carbocycles. The Morgan fingerprint density at radius 1 is 1.64 bits per heavy atom. The maximum atomic E-state index is 5.52. The Morgan fingerprint density at radius 3 is 2.82 bits per heavy atom. The minimum absolute atomic E-state index is 0.127. The van der Waals surface area contributed by atoms with Crippen molar-refractivity contribution >= 4 is 15.9 Å². The predicted octanol–water partition coefficient (Wildman–Crippen LogP) is 2.09. The first-order valence-corrected chi connectivity index (χ1v) is 4.80. The van der Waals surface area contributed by atoms with Crippen molar-refractivity contribution in [3.8, 4) is 0 Å². The van der Waals surface area contributed by atoms with Crippen molar-refractivity contribution in [2.45, 2.75) is 25.7 Å². The number of rotatable bonds is 2. The molecular weight excluding hydrogens is 208 g/mol. The van der Waals surface area contributed by atoms with Gasteiger partial charge in [0.05, 0.1) is 6.61 Å². The molecule has 1 atom stereocenters. The van der Waals surface area contributed by atoms with Crippen LogP contribution in [0.15, 0.2) is 12.2 Å². The molecule has 0 bridgehead atoms. The van der Waals surface area contributed by atoms with Crippen molar-refractivity contribution in [3.63, 3.8) is 0 Å². The van der Waals surface area contributed by atoms with Crippen LogP contribution in [0.3, 0.4) is 0 Å². The topological polar surface area (TPSA) is 18.5 Å². The third-order valence-corrected chi connectivity index (χ3v) is 1.84. The Hall–Kier alpha value is 0.140. The fourth-order valence-electron chi connectivity index (χ4n) is 1.01. The Labute approximate surface area is 75.7 Å². The summed E-state index contributed by atoms with van der Waals surface area (Å²) in [5.74, 6) is -0.401. The Balaban J connectivity index is 2.36. The van der Waals surface area contributed by atoms with Crippen LogP contribution in [0, 0.1) is 0 Å². The number of ether oxygens (including phenoxy) is 2. The first kappa shape index (κ1) is 9.23. The summed E-state index contributed by atoms with van der Waals surface area (Å²) in [4.78, 5) is 0. The summed E-state index contributed by atoms with van der Waals surface area (Å²) in [6.45, 7) is 4.51. The number of hydrogen-bond donors (Lipinski definition) is 0. The van der Waals surface area contributed by atoms with Crippen molar-refractivity contribution in [2.75, 3.05) is 11.9 Å². The van der Waals surface area contributed by atoms with Crippen LogP contribution < -0.4 is 0 Å². The molecular formula is C8H13BrO2. The van der Waals surface area contributed by atoms with Gasteiger partial charge < -0.3 is 9.47 Å². The number of hydrogen-bond acceptors (Lipinski definition) is 2. The fourth-order valence-corrected chi connectivity index (χ4v) is 1.23. The molecule has 0 aromatic heterocycles. The zero-order valence-corrected chi connectivity index (χ0v) is 8.43. The van der Waals surface area contributed by atoms with Crippen molar-refractivity contribution in [1.29, 1.82) is 0 Å². The molecule has 0 aromatic rings. The lowest BCUT2D eigenvalue weighted by Gasteiger charge is -2.15. The molecule has 64 valence electrons. The molecule has 1 rings (SSSR count). The summed E-state index contributed by atoms with van der Waals surface area (Å²) in [5, 5.41) is 0.868. The molecule has 1 unspecified atom stereocenters. The van der Waals surface area contributed by atoms with Crippen LogP contribution in [0.1, 0.15) is 13.8 Å². The quantitative estimate of drug-likeness (QED) is 0.525. The van der Waals surface area contributed by atoms with Crippen molar-refractivity contribution in [1.82, 2.24) is 0 Å². The maximum absolute atomic E-state index is 5.52. The van der Waals surface area contributed by atoms with Gasteiger partial charge in [0.15, 0.2) is 5.79 Å². The summed E-state index contributed by atoms with van der Waals surface area (Å²) in [5.41, 5.74) is 0. The first-order chi connectivity index (χ1) is 5.14. The number of halogens is 1. The Kier molecular flexibility index (Phi) is 3.10. The minimum Gasteiger partial charge on any atom is -0.347 e. The number of alkyl halides is 1. The van der Waals surface area contributed by atoms with Crippen molar-refractivity contribution in [3.05, 3.63) is 12.2 Å². The second-order valence-corrected chi connectivity index (χ2v) is 3.60. The minimum atomic E-state index is -0.401. The highest BCUT2D eigenvalue weighted by Gasteiger charge is 2.30. The van der Waals surface area contributed by atoms with Crippen LogP contribution in [0.4, 0.5) is 0 Å². The van der Waals surface area contributed by atoms with Gasteiger partial charge in [-0.15, -0.1) is 0 Å². The van der Waals surface area contributed by atoms with E-state index in [2.05, 4.69) is 15.9 Å². The lowest BCUT2D eigenvalue weighted by molar-refractivity contribution is -0.133. The highest BCUT2D eigenvalue weighted by atomic mass is 79.9. The smallest absolute Gasteiger partial charge is 0.163 e. The molecule has 1 saturated heterocycles. The average molecular weight is 221 g/mol. The van der Waals surface area contributed by atoms with Gasteiger partial charge in [-0.2, -0.15) is 0 Å². The monoisotopic (exact) mass is 220 g/mol. The summed E-state index contributed by atoms with van der Waals surface area (Å²) in [6.07, 6.45) is 4.17. The summed E-state index contributed by atoms with van der Waals surface area (Å²) >= 11 is 3.30. The van der Waals surface area contributed by atoms with E-state index in [1.165, 1.54) is 0 Å². The van der Waals surface area contributed by atoms with Crippen LogP contribution in [-0.4, -0.2) is 23.8 Å². The molecule has 2 nitrogen and oxygen atoms in total. The van der Waals surface area contributed by atoms with E-state index in [9.17, 15) is 0 Å². The van der Waals surface area contributed by atoms with E-state index < -0.39 is 5.79 Å². The molecule has 1 aliphatic heterocycles. The van der Waals surface area contributed by atoms with Crippen molar-refractivity contribution < 1.29 is 9.47 Å². The third-order valence-electron chi connectivity index (χ3n) is 1.47. The van der Waals surface area contributed by atoms with Crippen LogP contribution >= 0.6 is 15.9 Å². The molecule has 0 radical (unpaired) electrons. The van der Waals surface area contributed by atoms with Gasteiger partial charge in [0, 0.05) is 5.33 Å². The van der Waals surface area contributed by atoms with Gasteiger partial charge in [-0.3, -0.25) is 0 Å². The van der Waals surface area contributed by atoms with E-state index in [4.69, 9.17) is 9.47 Å². The van der Waals surface area contributed by atoms with Gasteiger partial charge in [0.1, 0.15) is 6.10 Å². The number of allylic oxidation sites excluding steroid dienone is 1. The van der Waals surface area contributed by atoms with E-state index in [0.29, 0.717) is 6.61 Å². The molecule has 0 N–H and O–H groups in total. The van der Waals surface area contributed by atoms with Crippen LogP contribution in [0.5, 0.6) is 0 Å². The van der Waals surface area contributed by atoms with Gasteiger partial charge in [-0.05, 0) is 13.8 Å². The lowest BCUT2D eigenvalue weighted by atomic mass is 10.3. The summed E-state index contributed by atoms with van der Waals surface area (Å²) < 4.78 is 10.9. The summed E-state index contributed by atoms with van der Waals surface area (Å²) in [7, 11) is 0. The SMILES string of the molecule is CC1(C)OCC(C=CCBr)O1. The predicted molar refractivity (Wildman–Crippen MR) is 47.8 cm³/mol. The second kappa shape index (κ2) is 3.70. The Bertz CT molecular complexity index is 154. The van der Waals surface area contributed by atoms with Crippen LogP contribution in [0.2, 0.25) is 0 Å². The van der Waals surface area contributed by atoms with E-state index >= 15 is 0 Å². The van der Waals surface area contributed by atoms with E-state index in [1.807, 2.05) is 26.0 Å². The highest BCUT2D eigenvalue weighted by molar-refractivity contribution is 9.09. The normalized spacial score (nSPS) is 29.9. The lowest BCUT2D eigenvalue weighted by Crippen LogP contribution is -2.20. The molecule has 3 heteroatoms. The van der Waals surface area contributed by atoms with Gasteiger partial charge in [-0.25, -0.2) is 0 Å². The van der Waals surface area contributed by atoms with Crippen LogP contribution in [0.25, 0.3) is 0 Å². The largest absolute Gasteiger partial charge is 0.347 e. The van der Waals surface area contributed by atoms with Crippen molar-refractivity contribution in [2.24, 2.45) is 0 Å². The van der Waals surface area contributed by atoms with Gasteiger partial charge in [-0.1, -0.05) is 28.1 Å². The van der Waals surface area contributed by atoms with Crippen LogP contribution in [-0.2, 0) is 9.47 Å². The Morgan fingerprint density at radius 2 is 2.36 bits per heavy atom. The second-order valence-electron chi connectivity index (χ2n) is 2.95. The third kappa shape index (κ3) is 2.93. The molecule has 0 spiro atoms. The fraction of sp³-hybridized carbons (Fsp3) is 0.750. The molecule has 0 amide bonds. The zero-order valence-electron chi connectivity index (χ0n) is 6.84. The summed E-state index contributed by atoms with van der Waals surface area (Å²) in [6, 6.07) is 0. The maximum Gasteiger partial charge on any atom is 0.163 e. The van der Waals surface area contributed by atoms with E-state index in [0.717, 1.165) is 5.33 Å². The average Bonchev–Trinajstić information content (AvgIpc) is 2.26. The van der Waals surface area contributed by atoms with Gasteiger partial charge >= 0.3 is 0 Å². The van der Waals surface area contributed by atoms with Gasteiger partial charge in [0.25, 0.3) is 0 Å². The zero-order chi connectivity index (χ0) is 8.32. The molecule has 1 fully saturated rings. The van der Waals surface area contributed by atoms with E-state index in [1.54, 1.807) is 0 Å². The van der Waals surface area contributed by atoms with Gasteiger partial charge in [0.2, 0.25) is 0 Å². The molecule has 1 heterocycles. The first-order valence-electron chi connectivity index (χ1n) is 3.68. The highest BCUT2D eigenvalue weighted by Crippen LogP contribution is 2.22. The molecule has 11 heavy (non-hydrogen) atoms. The van der Waals surface area contributed by atoms with E-state index in [-0.39, 0.29) is 6.10 Å². The molecule has 0 aliphatic carbocycles. The standard InChI is InChI=1S/C8H13BrO2/c1-8(2)10-6-7(11-8)4-3-5-9/h3-4,7H,5-6H2,1-2H3. The molecule has 1 aliphatic rings.